The lowest BCUT2D eigenvalue weighted by Crippen LogP contribution is -2.24. The first kappa shape index (κ1) is 18.9. The highest BCUT2D eigenvalue weighted by molar-refractivity contribution is 7.99. The van der Waals surface area contributed by atoms with Crippen LogP contribution in [0.3, 0.4) is 0 Å². The summed E-state index contributed by atoms with van der Waals surface area (Å²) in [7, 11) is 0. The zero-order valence-electron chi connectivity index (χ0n) is 15.4. The standard InChI is InChI=1S/C21H21N3O2S/c1-4-12-24-20(26)16-10-5-6-11-17(16)22-21(24)27-13-18(25)23-19-14(2)8-7-9-15(19)3/h4-11H,1,12-13H2,2-3H3,(H,23,25). The molecule has 0 bridgehead atoms. The molecular formula is C21H21N3O2S. The predicted molar refractivity (Wildman–Crippen MR) is 111 cm³/mol. The lowest BCUT2D eigenvalue weighted by Gasteiger charge is -2.13. The Morgan fingerprint density at radius 3 is 2.59 bits per heavy atom. The van der Waals surface area contributed by atoms with Gasteiger partial charge in [-0.3, -0.25) is 14.2 Å². The van der Waals surface area contributed by atoms with Crippen LogP contribution in [0.5, 0.6) is 0 Å². The summed E-state index contributed by atoms with van der Waals surface area (Å²) in [5, 5.41) is 4.03. The van der Waals surface area contributed by atoms with E-state index >= 15 is 0 Å². The number of thioether (sulfide) groups is 1. The lowest BCUT2D eigenvalue weighted by molar-refractivity contribution is -0.113. The van der Waals surface area contributed by atoms with Gasteiger partial charge in [0, 0.05) is 12.2 Å². The molecule has 1 aromatic heterocycles. The number of para-hydroxylation sites is 2. The normalized spacial score (nSPS) is 10.7. The SMILES string of the molecule is C=CCn1c(SCC(=O)Nc2c(C)cccc2C)nc2ccccc2c1=O. The van der Waals surface area contributed by atoms with Gasteiger partial charge >= 0.3 is 0 Å². The van der Waals surface area contributed by atoms with Crippen LogP contribution < -0.4 is 10.9 Å². The smallest absolute Gasteiger partial charge is 0.262 e. The molecule has 0 fully saturated rings. The molecule has 0 aliphatic heterocycles. The fourth-order valence-corrected chi connectivity index (χ4v) is 3.67. The third-order valence-electron chi connectivity index (χ3n) is 4.22. The van der Waals surface area contributed by atoms with Gasteiger partial charge in [0.25, 0.3) is 5.56 Å². The van der Waals surface area contributed by atoms with Crippen LogP contribution in [0.4, 0.5) is 5.69 Å². The Bertz CT molecular complexity index is 1050. The summed E-state index contributed by atoms with van der Waals surface area (Å²) in [5.41, 5.74) is 3.36. The summed E-state index contributed by atoms with van der Waals surface area (Å²) in [4.78, 5) is 29.7. The van der Waals surface area contributed by atoms with Crippen molar-refractivity contribution in [3.8, 4) is 0 Å². The lowest BCUT2D eigenvalue weighted by atomic mass is 10.1. The van der Waals surface area contributed by atoms with E-state index in [9.17, 15) is 9.59 Å². The number of anilines is 1. The maximum atomic E-state index is 12.7. The number of amides is 1. The molecule has 0 unspecified atom stereocenters. The number of hydrogen-bond acceptors (Lipinski definition) is 4. The molecular weight excluding hydrogens is 358 g/mol. The van der Waals surface area contributed by atoms with Crippen LogP contribution in [-0.2, 0) is 11.3 Å². The number of nitrogens with one attached hydrogen (secondary N) is 1. The van der Waals surface area contributed by atoms with Crippen molar-refractivity contribution in [1.29, 1.82) is 0 Å². The molecule has 0 saturated heterocycles. The second-order valence-corrected chi connectivity index (χ2v) is 7.16. The summed E-state index contributed by atoms with van der Waals surface area (Å²) in [6, 6.07) is 13.1. The molecule has 138 valence electrons. The van der Waals surface area contributed by atoms with Crippen LogP contribution in [0, 0.1) is 13.8 Å². The van der Waals surface area contributed by atoms with Crippen molar-refractivity contribution >= 4 is 34.3 Å². The number of carbonyl (C=O) groups excluding carboxylic acids is 1. The van der Waals surface area contributed by atoms with E-state index in [1.807, 2.05) is 44.2 Å². The Balaban J connectivity index is 1.84. The van der Waals surface area contributed by atoms with E-state index in [0.29, 0.717) is 22.6 Å². The molecule has 0 spiro atoms. The van der Waals surface area contributed by atoms with Crippen LogP contribution in [0.25, 0.3) is 10.9 Å². The van der Waals surface area contributed by atoms with Crippen molar-refractivity contribution in [3.05, 3.63) is 76.6 Å². The average molecular weight is 379 g/mol. The fraction of sp³-hybridized carbons (Fsp3) is 0.190. The molecule has 0 aliphatic carbocycles. The third kappa shape index (κ3) is 4.11. The van der Waals surface area contributed by atoms with Crippen LogP contribution in [0.1, 0.15) is 11.1 Å². The molecule has 1 heterocycles. The third-order valence-corrected chi connectivity index (χ3v) is 5.19. The highest BCUT2D eigenvalue weighted by Crippen LogP contribution is 2.21. The van der Waals surface area contributed by atoms with Gasteiger partial charge in [0.05, 0.1) is 16.7 Å². The van der Waals surface area contributed by atoms with Gasteiger partial charge in [-0.2, -0.15) is 0 Å². The number of carbonyl (C=O) groups is 1. The van der Waals surface area contributed by atoms with E-state index in [2.05, 4.69) is 16.9 Å². The minimum Gasteiger partial charge on any atom is -0.325 e. The van der Waals surface area contributed by atoms with Gasteiger partial charge in [-0.25, -0.2) is 4.98 Å². The van der Waals surface area contributed by atoms with Gasteiger partial charge in [0.1, 0.15) is 0 Å². The maximum Gasteiger partial charge on any atom is 0.262 e. The number of fused-ring (bicyclic) bond motifs is 1. The van der Waals surface area contributed by atoms with Gasteiger partial charge in [-0.15, -0.1) is 6.58 Å². The van der Waals surface area contributed by atoms with Crippen molar-refractivity contribution in [2.24, 2.45) is 0 Å². The summed E-state index contributed by atoms with van der Waals surface area (Å²) < 4.78 is 1.55. The summed E-state index contributed by atoms with van der Waals surface area (Å²) in [6.07, 6.45) is 1.65. The molecule has 0 radical (unpaired) electrons. The minimum absolute atomic E-state index is 0.127. The first-order chi connectivity index (χ1) is 13.0. The molecule has 3 aromatic rings. The van der Waals surface area contributed by atoms with Crippen molar-refractivity contribution in [2.75, 3.05) is 11.1 Å². The molecule has 6 heteroatoms. The first-order valence-electron chi connectivity index (χ1n) is 8.60. The van der Waals surface area contributed by atoms with Crippen LogP contribution in [-0.4, -0.2) is 21.2 Å². The van der Waals surface area contributed by atoms with Gasteiger partial charge in [-0.05, 0) is 37.1 Å². The van der Waals surface area contributed by atoms with Gasteiger partial charge in [0.2, 0.25) is 5.91 Å². The topological polar surface area (TPSA) is 64.0 Å². The second kappa shape index (κ2) is 8.22. The Hall–Kier alpha value is -2.86. The van der Waals surface area contributed by atoms with Crippen molar-refractivity contribution in [1.82, 2.24) is 9.55 Å². The molecule has 5 nitrogen and oxygen atoms in total. The van der Waals surface area contributed by atoms with Crippen LogP contribution in [0.15, 0.2) is 65.1 Å². The second-order valence-electron chi connectivity index (χ2n) is 6.22. The Labute approximate surface area is 162 Å². The van der Waals surface area contributed by atoms with Gasteiger partial charge in [-0.1, -0.05) is 48.2 Å². The van der Waals surface area contributed by atoms with E-state index in [1.165, 1.54) is 11.8 Å². The number of aryl methyl sites for hydroxylation is 2. The molecule has 3 rings (SSSR count). The molecule has 27 heavy (non-hydrogen) atoms. The highest BCUT2D eigenvalue weighted by Gasteiger charge is 2.13. The zero-order valence-corrected chi connectivity index (χ0v) is 16.2. The Morgan fingerprint density at radius 2 is 1.89 bits per heavy atom. The zero-order chi connectivity index (χ0) is 19.4. The predicted octanol–water partition coefficient (Wildman–Crippen LogP) is 3.93. The van der Waals surface area contributed by atoms with Crippen molar-refractivity contribution in [2.45, 2.75) is 25.5 Å². The van der Waals surface area contributed by atoms with Crippen LogP contribution >= 0.6 is 11.8 Å². The van der Waals surface area contributed by atoms with Crippen LogP contribution in [0.2, 0.25) is 0 Å². The minimum atomic E-state index is -0.134. The molecule has 2 aromatic carbocycles. The molecule has 0 atom stereocenters. The maximum absolute atomic E-state index is 12.7. The van der Waals surface area contributed by atoms with E-state index in [1.54, 1.807) is 22.8 Å². The summed E-state index contributed by atoms with van der Waals surface area (Å²) in [6.45, 7) is 7.98. The molecule has 1 N–H and O–H groups in total. The molecule has 1 amide bonds. The Morgan fingerprint density at radius 1 is 1.19 bits per heavy atom. The number of benzene rings is 2. The first-order valence-corrected chi connectivity index (χ1v) is 9.59. The van der Waals surface area contributed by atoms with Gasteiger partial charge in [0.15, 0.2) is 5.16 Å². The Kier molecular flexibility index (Phi) is 5.76. The average Bonchev–Trinajstić information content (AvgIpc) is 2.66. The number of allylic oxidation sites excluding steroid dienone is 1. The van der Waals surface area contributed by atoms with E-state index in [4.69, 9.17) is 0 Å². The van der Waals surface area contributed by atoms with Crippen molar-refractivity contribution < 1.29 is 4.79 Å². The summed E-state index contributed by atoms with van der Waals surface area (Å²) in [5.74, 6) is 0.0281. The summed E-state index contributed by atoms with van der Waals surface area (Å²) >= 11 is 1.25. The largest absolute Gasteiger partial charge is 0.325 e. The van der Waals surface area contributed by atoms with E-state index in [0.717, 1.165) is 16.8 Å². The number of aromatic nitrogens is 2. The number of hydrogen-bond donors (Lipinski definition) is 1. The monoisotopic (exact) mass is 379 g/mol. The van der Waals surface area contributed by atoms with E-state index in [-0.39, 0.29) is 17.2 Å². The fourth-order valence-electron chi connectivity index (χ4n) is 2.87. The molecule has 0 aliphatic rings. The van der Waals surface area contributed by atoms with Crippen molar-refractivity contribution in [3.63, 3.8) is 0 Å². The van der Waals surface area contributed by atoms with Gasteiger partial charge < -0.3 is 5.32 Å². The number of rotatable bonds is 6. The number of nitrogens with zero attached hydrogens (tertiary/aromatic N) is 2. The quantitative estimate of drug-likeness (QED) is 0.400. The molecule has 0 saturated carbocycles. The highest BCUT2D eigenvalue weighted by atomic mass is 32.2. The van der Waals surface area contributed by atoms with E-state index < -0.39 is 0 Å².